The highest BCUT2D eigenvalue weighted by Gasteiger charge is 2.08. The van der Waals surface area contributed by atoms with Crippen molar-refractivity contribution >= 4 is 39.8 Å². The van der Waals surface area contributed by atoms with Gasteiger partial charge in [0.2, 0.25) is 0 Å². The van der Waals surface area contributed by atoms with E-state index in [1.165, 1.54) is 22.3 Å². The van der Waals surface area contributed by atoms with Crippen LogP contribution in [0.1, 0.15) is 15.2 Å². The molecule has 3 N–H and O–H groups in total. The van der Waals surface area contributed by atoms with E-state index in [0.717, 1.165) is 18.5 Å². The summed E-state index contributed by atoms with van der Waals surface area (Å²) in [6, 6.07) is 15.4. The first-order chi connectivity index (χ1) is 12.8. The van der Waals surface area contributed by atoms with Gasteiger partial charge in [0.05, 0.1) is 4.88 Å². The summed E-state index contributed by atoms with van der Waals surface area (Å²) in [7, 11) is 0. The van der Waals surface area contributed by atoms with Crippen LogP contribution in [-0.4, -0.2) is 27.6 Å². The number of amides is 1. The van der Waals surface area contributed by atoms with Crippen LogP contribution in [0.15, 0.2) is 60.1 Å². The first-order valence-electron chi connectivity index (χ1n) is 8.27. The van der Waals surface area contributed by atoms with Gasteiger partial charge < -0.3 is 15.6 Å². The number of aromatic amines is 1. The number of nitrogens with zero attached hydrogens (tertiary/aromatic N) is 2. The Kier molecular flexibility index (Phi) is 4.61. The van der Waals surface area contributed by atoms with Crippen molar-refractivity contribution in [1.29, 1.82) is 0 Å². The number of carbonyl (C=O) groups is 1. The molecule has 0 aliphatic rings. The van der Waals surface area contributed by atoms with E-state index in [1.807, 2.05) is 35.8 Å². The molecule has 3 aromatic heterocycles. The first-order valence-corrected chi connectivity index (χ1v) is 9.15. The Bertz CT molecular complexity index is 1010. The summed E-state index contributed by atoms with van der Waals surface area (Å²) in [5.74, 6) is 0.943. The minimum absolute atomic E-state index is 0.172. The molecule has 0 saturated carbocycles. The maximum Gasteiger partial charge on any atom is 0.266 e. The van der Waals surface area contributed by atoms with Crippen LogP contribution in [0.4, 0.5) is 11.6 Å². The number of hydrogen-bond donors (Lipinski definition) is 3. The van der Waals surface area contributed by atoms with E-state index in [1.54, 1.807) is 12.1 Å². The molecule has 0 spiro atoms. The van der Waals surface area contributed by atoms with E-state index in [4.69, 9.17) is 0 Å². The number of H-pyrrole nitrogens is 1. The third-order valence-corrected chi connectivity index (χ3v) is 4.90. The molecule has 6 nitrogen and oxygen atoms in total. The molecule has 0 atom stereocenters. The fraction of sp³-hybridized carbons (Fsp3) is 0.105. The molecule has 130 valence electrons. The predicted molar refractivity (Wildman–Crippen MR) is 105 cm³/mol. The van der Waals surface area contributed by atoms with Crippen LogP contribution in [0.25, 0.3) is 10.9 Å². The van der Waals surface area contributed by atoms with Gasteiger partial charge in [-0.15, -0.1) is 21.5 Å². The Hall–Kier alpha value is -3.19. The molecule has 0 aliphatic carbocycles. The minimum atomic E-state index is -0.172. The molecule has 0 radical (unpaired) electrons. The van der Waals surface area contributed by atoms with Crippen LogP contribution in [0.3, 0.4) is 0 Å². The number of benzene rings is 1. The number of nitrogens with one attached hydrogen (secondary N) is 3. The van der Waals surface area contributed by atoms with Crippen molar-refractivity contribution in [3.63, 3.8) is 0 Å². The highest BCUT2D eigenvalue weighted by Crippen LogP contribution is 2.18. The van der Waals surface area contributed by atoms with Crippen molar-refractivity contribution in [3.8, 4) is 0 Å². The van der Waals surface area contributed by atoms with Crippen LogP contribution >= 0.6 is 11.3 Å². The van der Waals surface area contributed by atoms with Crippen molar-refractivity contribution in [2.24, 2.45) is 0 Å². The molecule has 1 aromatic carbocycles. The lowest BCUT2D eigenvalue weighted by Crippen LogP contribution is -2.12. The second-order valence-corrected chi connectivity index (χ2v) is 6.72. The molecule has 0 bridgehead atoms. The Morgan fingerprint density at radius 3 is 2.69 bits per heavy atom. The largest absolute Gasteiger partial charge is 0.368 e. The van der Waals surface area contributed by atoms with Gasteiger partial charge in [-0.2, -0.15) is 0 Å². The van der Waals surface area contributed by atoms with Crippen molar-refractivity contribution in [1.82, 2.24) is 15.2 Å². The topological polar surface area (TPSA) is 82.7 Å². The Labute approximate surface area is 154 Å². The number of fused-ring (bicyclic) bond motifs is 1. The van der Waals surface area contributed by atoms with Gasteiger partial charge in [-0.25, -0.2) is 0 Å². The third-order valence-electron chi connectivity index (χ3n) is 4.03. The highest BCUT2D eigenvalue weighted by molar-refractivity contribution is 7.12. The van der Waals surface area contributed by atoms with Crippen LogP contribution in [0.5, 0.6) is 0 Å². The summed E-state index contributed by atoms with van der Waals surface area (Å²) in [5, 5.41) is 17.3. The molecule has 1 amide bonds. The van der Waals surface area contributed by atoms with E-state index in [0.29, 0.717) is 16.5 Å². The molecular formula is C19H17N5OS. The van der Waals surface area contributed by atoms with Gasteiger partial charge in [-0.05, 0) is 41.6 Å². The van der Waals surface area contributed by atoms with Crippen LogP contribution in [0.2, 0.25) is 0 Å². The van der Waals surface area contributed by atoms with Crippen molar-refractivity contribution in [2.45, 2.75) is 6.42 Å². The molecule has 3 heterocycles. The van der Waals surface area contributed by atoms with Gasteiger partial charge in [-0.1, -0.05) is 24.3 Å². The third kappa shape index (κ3) is 3.57. The standard InChI is InChI=1S/C19H17N5OS/c25-19(16-6-3-11-26-16)22-18-8-7-17(23-24-18)20-10-9-13-12-21-15-5-2-1-4-14(13)15/h1-8,11-12,21H,9-10H2,(H,20,23)(H,22,24,25). The molecule has 4 aromatic rings. The van der Waals surface area contributed by atoms with Crippen LogP contribution in [0, 0.1) is 0 Å². The average Bonchev–Trinajstić information content (AvgIpc) is 3.34. The summed E-state index contributed by atoms with van der Waals surface area (Å²) >= 11 is 1.39. The molecule has 4 rings (SSSR count). The lowest BCUT2D eigenvalue weighted by Gasteiger charge is -2.06. The fourth-order valence-corrected chi connectivity index (χ4v) is 3.36. The van der Waals surface area contributed by atoms with Gasteiger partial charge in [0.15, 0.2) is 5.82 Å². The lowest BCUT2D eigenvalue weighted by molar-refractivity contribution is 0.103. The molecule has 0 aliphatic heterocycles. The number of hydrogen-bond acceptors (Lipinski definition) is 5. The Balaban J connectivity index is 1.32. The number of thiophene rings is 1. The van der Waals surface area contributed by atoms with E-state index in [2.05, 4.69) is 37.9 Å². The number of carbonyl (C=O) groups excluding carboxylic acids is 1. The fourth-order valence-electron chi connectivity index (χ4n) is 2.74. The number of para-hydroxylation sites is 1. The number of anilines is 2. The molecule has 0 unspecified atom stereocenters. The van der Waals surface area contributed by atoms with Gasteiger partial charge in [0, 0.05) is 23.6 Å². The van der Waals surface area contributed by atoms with Crippen molar-refractivity contribution in [3.05, 3.63) is 70.5 Å². The summed E-state index contributed by atoms with van der Waals surface area (Å²) < 4.78 is 0. The molecule has 0 fully saturated rings. The minimum Gasteiger partial charge on any atom is -0.368 e. The average molecular weight is 363 g/mol. The second kappa shape index (κ2) is 7.37. The second-order valence-electron chi connectivity index (χ2n) is 5.77. The monoisotopic (exact) mass is 363 g/mol. The van der Waals surface area contributed by atoms with E-state index < -0.39 is 0 Å². The Morgan fingerprint density at radius 2 is 1.88 bits per heavy atom. The SMILES string of the molecule is O=C(Nc1ccc(NCCc2c[nH]c3ccccc23)nn1)c1cccs1. The Morgan fingerprint density at radius 1 is 1.04 bits per heavy atom. The van der Waals surface area contributed by atoms with Crippen molar-refractivity contribution < 1.29 is 4.79 Å². The molecular weight excluding hydrogens is 346 g/mol. The van der Waals surface area contributed by atoms with Crippen molar-refractivity contribution in [2.75, 3.05) is 17.2 Å². The van der Waals surface area contributed by atoms with Crippen LogP contribution < -0.4 is 10.6 Å². The van der Waals surface area contributed by atoms with E-state index in [9.17, 15) is 4.79 Å². The zero-order chi connectivity index (χ0) is 17.8. The van der Waals surface area contributed by atoms with Gasteiger partial charge in [0.1, 0.15) is 5.82 Å². The van der Waals surface area contributed by atoms with Gasteiger partial charge >= 0.3 is 0 Å². The lowest BCUT2D eigenvalue weighted by atomic mass is 10.1. The molecule has 26 heavy (non-hydrogen) atoms. The number of rotatable bonds is 6. The maximum atomic E-state index is 12.0. The normalized spacial score (nSPS) is 10.8. The van der Waals surface area contributed by atoms with Gasteiger partial charge in [0.25, 0.3) is 5.91 Å². The summed E-state index contributed by atoms with van der Waals surface area (Å²) in [5.41, 5.74) is 2.41. The van der Waals surface area contributed by atoms with Gasteiger partial charge in [-0.3, -0.25) is 4.79 Å². The first kappa shape index (κ1) is 16.3. The zero-order valence-corrected chi connectivity index (χ0v) is 14.7. The van der Waals surface area contributed by atoms with E-state index in [-0.39, 0.29) is 5.91 Å². The quantitative estimate of drug-likeness (QED) is 0.485. The summed E-state index contributed by atoms with van der Waals surface area (Å²) in [6.07, 6.45) is 2.92. The molecule has 7 heteroatoms. The molecule has 0 saturated heterocycles. The maximum absolute atomic E-state index is 12.0. The summed E-state index contributed by atoms with van der Waals surface area (Å²) in [6.45, 7) is 0.747. The smallest absolute Gasteiger partial charge is 0.266 e. The summed E-state index contributed by atoms with van der Waals surface area (Å²) in [4.78, 5) is 15.9. The predicted octanol–water partition coefficient (Wildman–Crippen LogP) is 3.93. The van der Waals surface area contributed by atoms with E-state index >= 15 is 0 Å². The zero-order valence-electron chi connectivity index (χ0n) is 13.9. The highest BCUT2D eigenvalue weighted by atomic mass is 32.1. The van der Waals surface area contributed by atoms with Crippen LogP contribution in [-0.2, 0) is 6.42 Å². The number of aromatic nitrogens is 3.